The Kier molecular flexibility index (Phi) is 9.33. The molecule has 0 spiro atoms. The van der Waals surface area contributed by atoms with E-state index < -0.39 is 39.2 Å². The maximum Gasteiger partial charge on any atom is 0.338 e. The Morgan fingerprint density at radius 1 is 0.757 bits per heavy atom. The zero-order valence-electron chi connectivity index (χ0n) is 18.6. The van der Waals surface area contributed by atoms with Crippen LogP contribution in [0.3, 0.4) is 0 Å². The zero-order chi connectivity index (χ0) is 27.4. The van der Waals surface area contributed by atoms with Gasteiger partial charge in [-0.15, -0.1) is 11.8 Å². The summed E-state index contributed by atoms with van der Waals surface area (Å²) in [6.07, 6.45) is 0. The number of benzene rings is 3. The highest BCUT2D eigenvalue weighted by atomic mass is 35.5. The van der Waals surface area contributed by atoms with Crippen molar-refractivity contribution in [2.75, 3.05) is 10.6 Å². The van der Waals surface area contributed by atoms with Gasteiger partial charge in [0.25, 0.3) is 5.91 Å². The molecule has 3 rings (SSSR count). The number of aromatic carboxylic acids is 2. The highest BCUT2D eigenvalue weighted by molar-refractivity contribution is 8.00. The molecule has 1 atom stereocenters. The summed E-state index contributed by atoms with van der Waals surface area (Å²) in [5, 5.41) is 22.0. The molecule has 0 radical (unpaired) electrons. The second-order valence-electron chi connectivity index (χ2n) is 7.42. The van der Waals surface area contributed by atoms with Gasteiger partial charge in [-0.2, -0.15) is 0 Å². The van der Waals surface area contributed by atoms with E-state index in [1.54, 1.807) is 37.3 Å². The summed E-state index contributed by atoms with van der Waals surface area (Å²) in [4.78, 5) is 48.9. The molecule has 192 valence electrons. The molecular weight excluding hydrogens is 586 g/mol. The van der Waals surface area contributed by atoms with E-state index in [1.807, 2.05) is 0 Å². The van der Waals surface area contributed by atoms with E-state index in [1.165, 1.54) is 30.0 Å². The van der Waals surface area contributed by atoms with Crippen molar-refractivity contribution in [3.05, 3.63) is 85.3 Å². The van der Waals surface area contributed by atoms with Crippen molar-refractivity contribution < 1.29 is 29.4 Å². The number of carboxylic acid groups (broad SMARTS) is 2. The minimum absolute atomic E-state index is 0.0515. The van der Waals surface area contributed by atoms with Gasteiger partial charge in [0, 0.05) is 16.3 Å². The maximum absolute atomic E-state index is 12.9. The fourth-order valence-corrected chi connectivity index (χ4v) is 4.97. The fourth-order valence-electron chi connectivity index (χ4n) is 3.09. The Hall–Kier alpha value is -2.95. The first-order valence-corrected chi connectivity index (χ1v) is 12.6. The Bertz CT molecular complexity index is 1420. The molecule has 0 aliphatic carbocycles. The monoisotopic (exact) mass is 600 g/mol. The first-order valence-electron chi connectivity index (χ1n) is 10.2. The lowest BCUT2D eigenvalue weighted by molar-refractivity contribution is -0.115. The molecule has 13 heteroatoms. The number of carbonyl (C=O) groups excluding carboxylic acids is 2. The number of hydrogen-bond donors (Lipinski definition) is 4. The van der Waals surface area contributed by atoms with Crippen LogP contribution in [0, 0.1) is 0 Å². The van der Waals surface area contributed by atoms with E-state index in [2.05, 4.69) is 10.6 Å². The van der Waals surface area contributed by atoms with Crippen LogP contribution in [0.25, 0.3) is 0 Å². The van der Waals surface area contributed by atoms with Crippen molar-refractivity contribution in [3.8, 4) is 0 Å². The van der Waals surface area contributed by atoms with Gasteiger partial charge in [-0.25, -0.2) is 9.59 Å². The standard InChI is InChI=1S/C24H16Cl4N2O6S/c1-10(21(31)30-13-4-2-3-11(9-13)23(33)34)37-14-7-5-12(6-8-14)29-22(32)15-16(24(35)36)18(26)20(28)19(27)17(15)25/h2-10H,1H3,(H,29,32)(H,30,31)(H,33,34)(H,35,36). The van der Waals surface area contributed by atoms with Gasteiger partial charge in [-0.05, 0) is 49.4 Å². The SMILES string of the molecule is CC(Sc1ccc(NC(=O)c2c(Cl)c(Cl)c(Cl)c(Cl)c2C(=O)O)cc1)C(=O)Nc1cccc(C(=O)O)c1. The number of hydrogen-bond acceptors (Lipinski definition) is 5. The highest BCUT2D eigenvalue weighted by Gasteiger charge is 2.29. The number of amides is 2. The Morgan fingerprint density at radius 3 is 1.92 bits per heavy atom. The predicted octanol–water partition coefficient (Wildman–Crippen LogP) is 7.07. The van der Waals surface area contributed by atoms with Crippen LogP contribution in [0.15, 0.2) is 53.4 Å². The van der Waals surface area contributed by atoms with Gasteiger partial charge in [0.2, 0.25) is 5.91 Å². The topological polar surface area (TPSA) is 133 Å². The van der Waals surface area contributed by atoms with Crippen molar-refractivity contribution in [2.45, 2.75) is 17.1 Å². The molecule has 0 heterocycles. The number of nitrogens with one attached hydrogen (secondary N) is 2. The third-order valence-corrected chi connectivity index (χ3v) is 7.79. The van der Waals surface area contributed by atoms with Gasteiger partial charge in [0.05, 0.1) is 42.0 Å². The van der Waals surface area contributed by atoms with E-state index in [9.17, 15) is 24.3 Å². The molecule has 1 unspecified atom stereocenters. The first kappa shape index (κ1) is 28.6. The molecule has 0 fully saturated rings. The molecule has 0 aromatic heterocycles. The molecule has 0 bridgehead atoms. The van der Waals surface area contributed by atoms with Crippen molar-refractivity contribution in [1.82, 2.24) is 0 Å². The molecule has 0 aliphatic heterocycles. The third kappa shape index (κ3) is 6.68. The van der Waals surface area contributed by atoms with Gasteiger partial charge in [0.1, 0.15) is 0 Å². The van der Waals surface area contributed by atoms with E-state index in [4.69, 9.17) is 51.5 Å². The lowest BCUT2D eigenvalue weighted by atomic mass is 10.1. The van der Waals surface area contributed by atoms with Gasteiger partial charge in [-0.3, -0.25) is 9.59 Å². The summed E-state index contributed by atoms with van der Waals surface area (Å²) in [5.41, 5.74) is -0.303. The normalized spacial score (nSPS) is 11.5. The van der Waals surface area contributed by atoms with Crippen molar-refractivity contribution in [1.29, 1.82) is 0 Å². The molecule has 0 saturated carbocycles. The predicted molar refractivity (Wildman–Crippen MR) is 145 cm³/mol. The Balaban J connectivity index is 1.70. The van der Waals surface area contributed by atoms with E-state index in [0.29, 0.717) is 16.3 Å². The molecule has 3 aromatic rings. The van der Waals surface area contributed by atoms with Crippen LogP contribution < -0.4 is 10.6 Å². The summed E-state index contributed by atoms with van der Waals surface area (Å²) in [6.45, 7) is 1.68. The number of carbonyl (C=O) groups is 4. The Labute approximate surface area is 234 Å². The average Bonchev–Trinajstić information content (AvgIpc) is 2.85. The maximum atomic E-state index is 12.9. The minimum Gasteiger partial charge on any atom is -0.478 e. The van der Waals surface area contributed by atoms with Crippen molar-refractivity contribution in [3.63, 3.8) is 0 Å². The highest BCUT2D eigenvalue weighted by Crippen LogP contribution is 2.42. The van der Waals surface area contributed by atoms with Crippen molar-refractivity contribution >= 4 is 93.3 Å². The van der Waals surface area contributed by atoms with Crippen LogP contribution >= 0.6 is 58.2 Å². The van der Waals surface area contributed by atoms with Crippen LogP contribution in [0.2, 0.25) is 20.1 Å². The molecule has 2 amide bonds. The number of thioether (sulfide) groups is 1. The lowest BCUT2D eigenvalue weighted by Crippen LogP contribution is -2.22. The van der Waals surface area contributed by atoms with Crippen molar-refractivity contribution in [2.24, 2.45) is 0 Å². The smallest absolute Gasteiger partial charge is 0.338 e. The molecule has 0 aliphatic rings. The van der Waals surface area contributed by atoms with Crippen LogP contribution in [-0.2, 0) is 4.79 Å². The summed E-state index contributed by atoms with van der Waals surface area (Å²) in [7, 11) is 0. The summed E-state index contributed by atoms with van der Waals surface area (Å²) < 4.78 is 0. The first-order chi connectivity index (χ1) is 17.4. The minimum atomic E-state index is -1.51. The molecule has 0 saturated heterocycles. The van der Waals surface area contributed by atoms with Gasteiger partial charge in [-0.1, -0.05) is 52.5 Å². The summed E-state index contributed by atoms with van der Waals surface area (Å²) >= 11 is 25.2. The van der Waals surface area contributed by atoms with Crippen LogP contribution in [0.4, 0.5) is 11.4 Å². The lowest BCUT2D eigenvalue weighted by Gasteiger charge is -2.15. The van der Waals surface area contributed by atoms with Gasteiger partial charge in [0.15, 0.2) is 0 Å². The number of rotatable bonds is 8. The van der Waals surface area contributed by atoms with E-state index in [0.717, 1.165) is 0 Å². The molecular formula is C24H16Cl4N2O6S. The van der Waals surface area contributed by atoms with E-state index in [-0.39, 0.29) is 26.5 Å². The quantitative estimate of drug-likeness (QED) is 0.123. The number of anilines is 2. The fraction of sp³-hybridized carbons (Fsp3) is 0.0833. The molecule has 4 N–H and O–H groups in total. The summed E-state index contributed by atoms with van der Waals surface area (Å²) in [5.74, 6) is -3.81. The van der Waals surface area contributed by atoms with Gasteiger partial charge >= 0.3 is 11.9 Å². The van der Waals surface area contributed by atoms with Crippen LogP contribution in [0.1, 0.15) is 38.0 Å². The second kappa shape index (κ2) is 12.1. The summed E-state index contributed by atoms with van der Waals surface area (Å²) in [6, 6.07) is 12.3. The Morgan fingerprint density at radius 2 is 1.35 bits per heavy atom. The molecule has 8 nitrogen and oxygen atoms in total. The molecule has 3 aromatic carbocycles. The number of carboxylic acids is 2. The van der Waals surface area contributed by atoms with Crippen LogP contribution in [0.5, 0.6) is 0 Å². The zero-order valence-corrected chi connectivity index (χ0v) is 22.5. The van der Waals surface area contributed by atoms with Crippen LogP contribution in [-0.4, -0.2) is 39.2 Å². The number of halogens is 4. The van der Waals surface area contributed by atoms with Gasteiger partial charge < -0.3 is 20.8 Å². The van der Waals surface area contributed by atoms with E-state index >= 15 is 0 Å². The average molecular weight is 602 g/mol. The largest absolute Gasteiger partial charge is 0.478 e. The molecule has 37 heavy (non-hydrogen) atoms. The third-order valence-electron chi connectivity index (χ3n) is 4.88. The second-order valence-corrected chi connectivity index (χ2v) is 10.4.